The Balaban J connectivity index is 1.95. The molecule has 0 radical (unpaired) electrons. The second-order valence-corrected chi connectivity index (χ2v) is 4.20. The summed E-state index contributed by atoms with van der Waals surface area (Å²) in [6, 6.07) is 5.24. The highest BCUT2D eigenvalue weighted by Gasteiger charge is 2.09. The fourth-order valence-corrected chi connectivity index (χ4v) is 1.49. The van der Waals surface area contributed by atoms with Crippen LogP contribution in [-0.2, 0) is 6.54 Å². The molecule has 0 fully saturated rings. The van der Waals surface area contributed by atoms with E-state index in [0.717, 1.165) is 5.82 Å². The first-order valence-electron chi connectivity index (χ1n) is 5.67. The van der Waals surface area contributed by atoms with Gasteiger partial charge < -0.3 is 14.8 Å². The number of furan rings is 1. The smallest absolute Gasteiger partial charge is 0.371 e. The fourth-order valence-electron chi connectivity index (χ4n) is 1.49. The van der Waals surface area contributed by atoms with E-state index in [1.165, 1.54) is 6.07 Å². The molecule has 2 heterocycles. The van der Waals surface area contributed by atoms with Gasteiger partial charge in [0.15, 0.2) is 0 Å². The topological polar surface area (TPSA) is 80.3 Å². The molecule has 6 heteroatoms. The summed E-state index contributed by atoms with van der Waals surface area (Å²) >= 11 is 0. The van der Waals surface area contributed by atoms with Crippen molar-refractivity contribution in [1.29, 1.82) is 0 Å². The number of rotatable bonds is 5. The van der Waals surface area contributed by atoms with Crippen molar-refractivity contribution in [2.75, 3.05) is 5.32 Å². The van der Waals surface area contributed by atoms with E-state index in [1.807, 2.05) is 30.8 Å². The van der Waals surface area contributed by atoms with Crippen LogP contribution in [0.1, 0.15) is 36.2 Å². The Hall–Kier alpha value is -2.24. The summed E-state index contributed by atoms with van der Waals surface area (Å²) in [6.45, 7) is 4.49. The minimum atomic E-state index is -1.06. The summed E-state index contributed by atoms with van der Waals surface area (Å²) in [4.78, 5) is 10.6. The van der Waals surface area contributed by atoms with E-state index in [-0.39, 0.29) is 5.76 Å². The second kappa shape index (κ2) is 4.95. The zero-order chi connectivity index (χ0) is 13.1. The van der Waals surface area contributed by atoms with Gasteiger partial charge in [-0.15, -0.1) is 0 Å². The Morgan fingerprint density at radius 3 is 2.83 bits per heavy atom. The first-order chi connectivity index (χ1) is 8.56. The number of aromatic nitrogens is 2. The van der Waals surface area contributed by atoms with Gasteiger partial charge in [-0.05, 0) is 26.0 Å². The van der Waals surface area contributed by atoms with E-state index in [2.05, 4.69) is 10.4 Å². The van der Waals surface area contributed by atoms with Gasteiger partial charge in [-0.3, -0.25) is 4.68 Å². The molecule has 0 aliphatic heterocycles. The number of carboxylic acids is 1. The maximum absolute atomic E-state index is 10.6. The minimum Gasteiger partial charge on any atom is -0.475 e. The molecule has 0 bridgehead atoms. The lowest BCUT2D eigenvalue weighted by Gasteiger charge is -2.04. The number of hydrogen-bond donors (Lipinski definition) is 2. The van der Waals surface area contributed by atoms with E-state index in [9.17, 15) is 4.79 Å². The summed E-state index contributed by atoms with van der Waals surface area (Å²) in [5, 5.41) is 16.1. The Kier molecular flexibility index (Phi) is 3.36. The molecule has 0 aromatic carbocycles. The van der Waals surface area contributed by atoms with E-state index in [0.29, 0.717) is 18.3 Å². The molecule has 2 aromatic rings. The van der Waals surface area contributed by atoms with Crippen molar-refractivity contribution in [2.45, 2.75) is 26.4 Å². The maximum atomic E-state index is 10.6. The molecule has 6 nitrogen and oxygen atoms in total. The number of carboxylic acid groups (broad SMARTS) is 1. The Morgan fingerprint density at radius 2 is 2.28 bits per heavy atom. The van der Waals surface area contributed by atoms with E-state index in [1.54, 1.807) is 6.07 Å². The van der Waals surface area contributed by atoms with E-state index >= 15 is 0 Å². The van der Waals surface area contributed by atoms with Gasteiger partial charge >= 0.3 is 5.97 Å². The highest BCUT2D eigenvalue weighted by molar-refractivity contribution is 5.84. The molecule has 0 unspecified atom stereocenters. The van der Waals surface area contributed by atoms with Crippen LogP contribution in [0.2, 0.25) is 0 Å². The van der Waals surface area contributed by atoms with Crippen molar-refractivity contribution >= 4 is 11.8 Å². The van der Waals surface area contributed by atoms with Crippen LogP contribution in [0.4, 0.5) is 5.82 Å². The van der Waals surface area contributed by atoms with Gasteiger partial charge in [-0.25, -0.2) is 4.79 Å². The number of anilines is 1. The number of nitrogens with zero attached hydrogens (tertiary/aromatic N) is 2. The molecule has 2 N–H and O–H groups in total. The molecule has 0 saturated carbocycles. The molecule has 0 atom stereocenters. The lowest BCUT2D eigenvalue weighted by atomic mass is 10.4. The molecule has 18 heavy (non-hydrogen) atoms. The first-order valence-corrected chi connectivity index (χ1v) is 5.67. The van der Waals surface area contributed by atoms with Crippen LogP contribution in [0.3, 0.4) is 0 Å². The summed E-state index contributed by atoms with van der Waals surface area (Å²) in [7, 11) is 0. The van der Waals surface area contributed by atoms with Crippen LogP contribution in [0.15, 0.2) is 28.8 Å². The lowest BCUT2D eigenvalue weighted by molar-refractivity contribution is 0.0660. The SMILES string of the molecule is CC(C)n1ccc(NCc2ccc(C(=O)O)o2)n1. The van der Waals surface area contributed by atoms with Gasteiger partial charge in [0.2, 0.25) is 5.76 Å². The summed E-state index contributed by atoms with van der Waals surface area (Å²) in [6.07, 6.45) is 1.89. The van der Waals surface area contributed by atoms with Crippen LogP contribution in [0.5, 0.6) is 0 Å². The molecule has 96 valence electrons. The minimum absolute atomic E-state index is 0.0560. The highest BCUT2D eigenvalue weighted by atomic mass is 16.4. The number of hydrogen-bond acceptors (Lipinski definition) is 4. The van der Waals surface area contributed by atoms with Crippen molar-refractivity contribution in [3.63, 3.8) is 0 Å². The fraction of sp³-hybridized carbons (Fsp3) is 0.333. The Labute approximate surface area is 104 Å². The highest BCUT2D eigenvalue weighted by Crippen LogP contribution is 2.12. The van der Waals surface area contributed by atoms with E-state index in [4.69, 9.17) is 9.52 Å². The molecule has 0 saturated heterocycles. The van der Waals surface area contributed by atoms with Crippen LogP contribution < -0.4 is 5.32 Å². The normalized spacial score (nSPS) is 10.8. The molecule has 2 rings (SSSR count). The molecule has 0 amide bonds. The Morgan fingerprint density at radius 1 is 1.50 bits per heavy atom. The second-order valence-electron chi connectivity index (χ2n) is 4.20. The molecular weight excluding hydrogens is 234 g/mol. The summed E-state index contributed by atoms with van der Waals surface area (Å²) in [5.74, 6) is 0.174. The number of carbonyl (C=O) groups is 1. The largest absolute Gasteiger partial charge is 0.475 e. The molecule has 0 aliphatic carbocycles. The third kappa shape index (κ3) is 2.71. The zero-order valence-electron chi connectivity index (χ0n) is 10.3. The van der Waals surface area contributed by atoms with Crippen molar-refractivity contribution in [1.82, 2.24) is 9.78 Å². The average Bonchev–Trinajstić information content (AvgIpc) is 2.95. The molecule has 2 aromatic heterocycles. The van der Waals surface area contributed by atoms with Crippen LogP contribution in [0.25, 0.3) is 0 Å². The standard InChI is InChI=1S/C12H15N3O3/c1-8(2)15-6-5-11(14-15)13-7-9-3-4-10(18-9)12(16)17/h3-6,8H,7H2,1-2H3,(H,13,14)(H,16,17). The van der Waals surface area contributed by atoms with Gasteiger partial charge in [0.25, 0.3) is 0 Å². The molecule has 0 spiro atoms. The van der Waals surface area contributed by atoms with Crippen molar-refractivity contribution in [2.24, 2.45) is 0 Å². The predicted octanol–water partition coefficient (Wildman–Crippen LogP) is 2.37. The predicted molar refractivity (Wildman–Crippen MR) is 65.6 cm³/mol. The van der Waals surface area contributed by atoms with Crippen LogP contribution >= 0.6 is 0 Å². The number of nitrogens with one attached hydrogen (secondary N) is 1. The number of aromatic carboxylic acids is 1. The zero-order valence-corrected chi connectivity index (χ0v) is 10.3. The quantitative estimate of drug-likeness (QED) is 0.850. The van der Waals surface area contributed by atoms with Crippen molar-refractivity contribution in [3.05, 3.63) is 35.9 Å². The van der Waals surface area contributed by atoms with Crippen molar-refractivity contribution < 1.29 is 14.3 Å². The first kappa shape index (κ1) is 12.2. The monoisotopic (exact) mass is 249 g/mol. The van der Waals surface area contributed by atoms with Gasteiger partial charge in [0.05, 0.1) is 6.54 Å². The summed E-state index contributed by atoms with van der Waals surface area (Å²) in [5.41, 5.74) is 0. The third-order valence-corrected chi connectivity index (χ3v) is 2.45. The van der Waals surface area contributed by atoms with Crippen LogP contribution in [0, 0.1) is 0 Å². The molecular formula is C12H15N3O3. The maximum Gasteiger partial charge on any atom is 0.371 e. The van der Waals surface area contributed by atoms with Gasteiger partial charge in [0.1, 0.15) is 11.6 Å². The van der Waals surface area contributed by atoms with Gasteiger partial charge in [-0.2, -0.15) is 5.10 Å². The summed E-state index contributed by atoms with van der Waals surface area (Å²) < 4.78 is 6.96. The third-order valence-electron chi connectivity index (χ3n) is 2.45. The average molecular weight is 249 g/mol. The lowest BCUT2D eigenvalue weighted by Crippen LogP contribution is -2.03. The van der Waals surface area contributed by atoms with E-state index < -0.39 is 5.97 Å². The van der Waals surface area contributed by atoms with Crippen LogP contribution in [-0.4, -0.2) is 20.9 Å². The Bertz CT molecular complexity index is 542. The van der Waals surface area contributed by atoms with Gasteiger partial charge in [-0.1, -0.05) is 0 Å². The molecule has 0 aliphatic rings. The van der Waals surface area contributed by atoms with Crippen molar-refractivity contribution in [3.8, 4) is 0 Å². The van der Waals surface area contributed by atoms with Gasteiger partial charge in [0, 0.05) is 18.3 Å².